The summed E-state index contributed by atoms with van der Waals surface area (Å²) in [6.07, 6.45) is -0.522. The molecule has 0 saturated carbocycles. The largest absolute Gasteiger partial charge is 0.510 e. The molecule has 0 aromatic heterocycles. The number of benzene rings is 1. The quantitative estimate of drug-likeness (QED) is 0.636. The van der Waals surface area contributed by atoms with Crippen LogP contribution in [0, 0.1) is 5.92 Å². The predicted molar refractivity (Wildman–Crippen MR) is 76.5 cm³/mol. The number of aliphatic carboxylic acids is 2. The molecule has 7 heteroatoms. The summed E-state index contributed by atoms with van der Waals surface area (Å²) in [4.78, 5) is 31.5. The van der Waals surface area contributed by atoms with Gasteiger partial charge in [-0.1, -0.05) is 37.3 Å². The Morgan fingerprint density at radius 2 is 1.76 bits per heavy atom. The van der Waals surface area contributed by atoms with Crippen molar-refractivity contribution in [1.82, 2.24) is 0 Å². The predicted octanol–water partition coefficient (Wildman–Crippen LogP) is 2.46. The van der Waals surface area contributed by atoms with Crippen LogP contribution in [0.5, 0.6) is 0 Å². The van der Waals surface area contributed by atoms with Gasteiger partial charge in [-0.15, -0.1) is 0 Å². The third-order valence-corrected chi connectivity index (χ3v) is 4.81. The van der Waals surface area contributed by atoms with Crippen LogP contribution < -0.4 is 0 Å². The van der Waals surface area contributed by atoms with Gasteiger partial charge in [-0.2, -0.15) is 4.89 Å². The van der Waals surface area contributed by atoms with Gasteiger partial charge in [0.1, 0.15) is 5.92 Å². The van der Waals surface area contributed by atoms with Gasteiger partial charge in [0.2, 0.25) is 5.66 Å². The number of rotatable bonds is 8. The molecule has 0 aliphatic heterocycles. The summed E-state index contributed by atoms with van der Waals surface area (Å²) in [5.74, 6) is -4.01. The van der Waals surface area contributed by atoms with Crippen molar-refractivity contribution in [3.8, 4) is 0 Å². The lowest BCUT2D eigenvalue weighted by atomic mass is 9.87. The van der Waals surface area contributed by atoms with E-state index < -0.39 is 37.5 Å². The first-order valence-corrected chi connectivity index (χ1v) is 7.77. The van der Waals surface area contributed by atoms with Crippen LogP contribution in [0.3, 0.4) is 0 Å². The molecule has 1 aromatic rings. The SMILES string of the molecule is CC(c1ccccc1)C(C(CCC(=O)O)C(=O)O)[P+](=O)O. The zero-order chi connectivity index (χ0) is 16.0. The molecule has 0 aliphatic carbocycles. The molecule has 4 atom stereocenters. The summed E-state index contributed by atoms with van der Waals surface area (Å²) < 4.78 is 11.6. The Hall–Kier alpha value is -1.78. The Morgan fingerprint density at radius 1 is 1.19 bits per heavy atom. The topological polar surface area (TPSA) is 112 Å². The van der Waals surface area contributed by atoms with Gasteiger partial charge < -0.3 is 10.2 Å². The van der Waals surface area contributed by atoms with Crippen molar-refractivity contribution in [1.29, 1.82) is 0 Å². The molecular formula is C14H18O6P+. The highest BCUT2D eigenvalue weighted by molar-refractivity contribution is 7.39. The van der Waals surface area contributed by atoms with Crippen LogP contribution in [0.25, 0.3) is 0 Å². The molecule has 0 saturated heterocycles. The van der Waals surface area contributed by atoms with Crippen LogP contribution in [0.4, 0.5) is 0 Å². The monoisotopic (exact) mass is 313 g/mol. The van der Waals surface area contributed by atoms with Gasteiger partial charge in [-0.25, -0.2) is 0 Å². The fourth-order valence-electron chi connectivity index (χ4n) is 2.37. The maximum absolute atomic E-state index is 11.6. The van der Waals surface area contributed by atoms with Gasteiger partial charge in [-0.05, 0) is 16.5 Å². The maximum atomic E-state index is 11.6. The average molecular weight is 313 g/mol. The van der Waals surface area contributed by atoms with Crippen LogP contribution in [0.2, 0.25) is 0 Å². The normalized spacial score (nSPS) is 15.8. The van der Waals surface area contributed by atoms with Crippen molar-refractivity contribution >= 4 is 20.0 Å². The van der Waals surface area contributed by atoms with Gasteiger partial charge in [0.15, 0.2) is 0 Å². The second-order valence-corrected chi connectivity index (χ2v) is 6.07. The Bertz CT molecular complexity index is 515. The fourth-order valence-corrected chi connectivity index (χ4v) is 3.51. The van der Waals surface area contributed by atoms with Gasteiger partial charge in [0.25, 0.3) is 0 Å². The van der Waals surface area contributed by atoms with E-state index in [2.05, 4.69) is 0 Å². The molecule has 0 radical (unpaired) electrons. The van der Waals surface area contributed by atoms with Crippen LogP contribution in [0.15, 0.2) is 30.3 Å². The molecule has 4 unspecified atom stereocenters. The standard InChI is InChI=1S/C14H17O6P/c1-9(10-5-3-2-4-6-10)13(21(19)20)11(14(17)18)7-8-12(15)16/h2-6,9,11,13H,7-8H2,1H3,(H2-,15,16,17,18,19,20)/p+1. The Balaban J connectivity index is 3.04. The minimum absolute atomic E-state index is 0.172. The number of hydrogen-bond acceptors (Lipinski definition) is 3. The van der Waals surface area contributed by atoms with Crippen LogP contribution in [0.1, 0.15) is 31.2 Å². The molecule has 3 N–H and O–H groups in total. The highest BCUT2D eigenvalue weighted by Crippen LogP contribution is 2.41. The molecule has 21 heavy (non-hydrogen) atoms. The van der Waals surface area contributed by atoms with Crippen molar-refractivity contribution in [3.05, 3.63) is 35.9 Å². The molecule has 0 fully saturated rings. The second kappa shape index (κ2) is 7.86. The summed E-state index contributed by atoms with van der Waals surface area (Å²) in [5, 5.41) is 18.0. The van der Waals surface area contributed by atoms with Crippen molar-refractivity contribution in [2.75, 3.05) is 0 Å². The first-order chi connectivity index (χ1) is 9.84. The minimum Gasteiger partial charge on any atom is -0.481 e. The van der Waals surface area contributed by atoms with E-state index in [0.717, 1.165) is 5.56 Å². The van der Waals surface area contributed by atoms with Crippen LogP contribution in [-0.2, 0) is 14.2 Å². The van der Waals surface area contributed by atoms with E-state index >= 15 is 0 Å². The van der Waals surface area contributed by atoms with Crippen molar-refractivity contribution < 1.29 is 29.3 Å². The molecule has 0 heterocycles. The molecule has 6 nitrogen and oxygen atoms in total. The highest BCUT2D eigenvalue weighted by atomic mass is 31.1. The van der Waals surface area contributed by atoms with Crippen molar-refractivity contribution in [2.45, 2.75) is 31.3 Å². The molecule has 1 aromatic carbocycles. The molecule has 0 aliphatic rings. The summed E-state index contributed by atoms with van der Waals surface area (Å²) >= 11 is 0. The summed E-state index contributed by atoms with van der Waals surface area (Å²) in [6.45, 7) is 1.68. The van der Waals surface area contributed by atoms with E-state index in [1.807, 2.05) is 0 Å². The fraction of sp³-hybridized carbons (Fsp3) is 0.429. The van der Waals surface area contributed by atoms with E-state index in [1.54, 1.807) is 37.3 Å². The van der Waals surface area contributed by atoms with Gasteiger partial charge in [0.05, 0.1) is 0 Å². The minimum atomic E-state index is -2.75. The van der Waals surface area contributed by atoms with Crippen LogP contribution >= 0.6 is 8.03 Å². The zero-order valence-corrected chi connectivity index (χ0v) is 12.4. The van der Waals surface area contributed by atoms with E-state index in [1.165, 1.54) is 0 Å². The van der Waals surface area contributed by atoms with E-state index in [0.29, 0.717) is 0 Å². The van der Waals surface area contributed by atoms with E-state index in [9.17, 15) is 24.2 Å². The molecular weight excluding hydrogens is 295 g/mol. The lowest BCUT2D eigenvalue weighted by molar-refractivity contribution is -0.143. The summed E-state index contributed by atoms with van der Waals surface area (Å²) in [6, 6.07) is 8.84. The lowest BCUT2D eigenvalue weighted by Crippen LogP contribution is -2.30. The zero-order valence-electron chi connectivity index (χ0n) is 11.5. The lowest BCUT2D eigenvalue weighted by Gasteiger charge is -2.20. The molecule has 0 bridgehead atoms. The number of carboxylic acid groups (broad SMARTS) is 2. The number of hydrogen-bond donors (Lipinski definition) is 3. The van der Waals surface area contributed by atoms with E-state index in [4.69, 9.17) is 5.11 Å². The first-order valence-electron chi connectivity index (χ1n) is 6.49. The maximum Gasteiger partial charge on any atom is 0.510 e. The van der Waals surface area contributed by atoms with Crippen LogP contribution in [-0.4, -0.2) is 32.7 Å². The molecule has 0 spiro atoms. The van der Waals surface area contributed by atoms with Crippen molar-refractivity contribution in [2.24, 2.45) is 5.92 Å². The third-order valence-electron chi connectivity index (χ3n) is 3.49. The second-order valence-electron chi connectivity index (χ2n) is 4.87. The smallest absolute Gasteiger partial charge is 0.481 e. The van der Waals surface area contributed by atoms with Gasteiger partial charge in [0, 0.05) is 12.3 Å². The third kappa shape index (κ3) is 4.92. The van der Waals surface area contributed by atoms with E-state index in [-0.39, 0.29) is 12.8 Å². The van der Waals surface area contributed by atoms with Crippen molar-refractivity contribution in [3.63, 3.8) is 0 Å². The van der Waals surface area contributed by atoms with Gasteiger partial charge >= 0.3 is 20.0 Å². The Morgan fingerprint density at radius 3 is 2.19 bits per heavy atom. The number of carboxylic acids is 2. The number of carbonyl (C=O) groups is 2. The highest BCUT2D eigenvalue weighted by Gasteiger charge is 2.46. The molecule has 1 rings (SSSR count). The first kappa shape index (κ1) is 17.3. The molecule has 114 valence electrons. The Kier molecular flexibility index (Phi) is 6.46. The average Bonchev–Trinajstić information content (AvgIpc) is 2.42. The summed E-state index contributed by atoms with van der Waals surface area (Å²) in [7, 11) is -2.75. The molecule has 0 amide bonds. The van der Waals surface area contributed by atoms with Gasteiger partial charge in [-0.3, -0.25) is 9.59 Å². The summed E-state index contributed by atoms with van der Waals surface area (Å²) in [5.41, 5.74) is -0.277. The Labute approximate surface area is 123 Å².